The fourth-order valence-electron chi connectivity index (χ4n) is 4.10. The van der Waals surface area contributed by atoms with E-state index >= 15 is 0 Å². The van der Waals surface area contributed by atoms with E-state index in [9.17, 15) is 18.0 Å². The van der Waals surface area contributed by atoms with Crippen LogP contribution in [0.1, 0.15) is 48.0 Å². The van der Waals surface area contributed by atoms with Crippen LogP contribution in [0.2, 0.25) is 0 Å². The summed E-state index contributed by atoms with van der Waals surface area (Å²) in [6.45, 7) is 1.65. The van der Waals surface area contributed by atoms with Crippen molar-refractivity contribution < 1.29 is 27.5 Å². The summed E-state index contributed by atoms with van der Waals surface area (Å²) >= 11 is 0. The first-order valence-corrected chi connectivity index (χ1v) is 11.5. The summed E-state index contributed by atoms with van der Waals surface area (Å²) in [4.78, 5) is 26.5. The van der Waals surface area contributed by atoms with Crippen LogP contribution in [0.3, 0.4) is 0 Å². The molecule has 1 aliphatic heterocycles. The van der Waals surface area contributed by atoms with Gasteiger partial charge in [0, 0.05) is 12.1 Å². The molecule has 7 nitrogen and oxygen atoms in total. The molecule has 154 valence electrons. The SMILES string of the molecule is COC(=O)c1ccc(C)c(OCC(=O)N(C2CCCC2)C2CCS(=O)(=O)C2)c1. The van der Waals surface area contributed by atoms with E-state index in [1.54, 1.807) is 23.1 Å². The van der Waals surface area contributed by atoms with Crippen molar-refractivity contribution >= 4 is 21.7 Å². The van der Waals surface area contributed by atoms with Crippen LogP contribution < -0.4 is 4.74 Å². The maximum atomic E-state index is 13.0. The standard InChI is InChI=1S/C20H27NO6S/c1-14-7-8-15(20(23)26-2)11-18(14)27-12-19(22)21(16-5-3-4-6-16)17-9-10-28(24,25)13-17/h7-8,11,16-17H,3-6,9-10,12-13H2,1-2H3. The number of sulfone groups is 1. The van der Waals surface area contributed by atoms with Crippen molar-refractivity contribution in [2.75, 3.05) is 25.2 Å². The molecule has 1 saturated carbocycles. The van der Waals surface area contributed by atoms with Gasteiger partial charge in [0.25, 0.3) is 5.91 Å². The zero-order valence-corrected chi connectivity index (χ0v) is 17.2. The molecule has 8 heteroatoms. The van der Waals surface area contributed by atoms with E-state index in [-0.39, 0.29) is 36.1 Å². The molecular formula is C20H27NO6S. The highest BCUT2D eigenvalue weighted by Crippen LogP contribution is 2.29. The van der Waals surface area contributed by atoms with Crippen LogP contribution in [0.4, 0.5) is 0 Å². The number of amides is 1. The molecule has 1 saturated heterocycles. The van der Waals surface area contributed by atoms with Crippen molar-refractivity contribution in [3.63, 3.8) is 0 Å². The fraction of sp³-hybridized carbons (Fsp3) is 0.600. The molecule has 2 fully saturated rings. The second-order valence-corrected chi connectivity index (χ2v) is 9.79. The van der Waals surface area contributed by atoms with Crippen LogP contribution in [-0.2, 0) is 19.4 Å². The minimum Gasteiger partial charge on any atom is -0.483 e. The normalized spacial score (nSPS) is 21.4. The summed E-state index contributed by atoms with van der Waals surface area (Å²) in [5.74, 6) is -0.0556. The average molecular weight is 410 g/mol. The smallest absolute Gasteiger partial charge is 0.337 e. The Balaban J connectivity index is 1.73. The Morgan fingerprint density at radius 1 is 1.14 bits per heavy atom. The van der Waals surface area contributed by atoms with Gasteiger partial charge in [-0.2, -0.15) is 0 Å². The lowest BCUT2D eigenvalue weighted by Gasteiger charge is -2.34. The first-order valence-electron chi connectivity index (χ1n) is 9.64. The summed E-state index contributed by atoms with van der Waals surface area (Å²) in [7, 11) is -1.77. The van der Waals surface area contributed by atoms with Gasteiger partial charge >= 0.3 is 5.97 Å². The first-order chi connectivity index (χ1) is 13.3. The number of ether oxygens (including phenoxy) is 2. The lowest BCUT2D eigenvalue weighted by molar-refractivity contribution is -0.137. The van der Waals surface area contributed by atoms with Crippen LogP contribution in [0.15, 0.2) is 18.2 Å². The van der Waals surface area contributed by atoms with E-state index in [4.69, 9.17) is 9.47 Å². The second-order valence-electron chi connectivity index (χ2n) is 7.56. The maximum absolute atomic E-state index is 13.0. The number of hydrogen-bond acceptors (Lipinski definition) is 6. The van der Waals surface area contributed by atoms with Crippen molar-refractivity contribution in [1.82, 2.24) is 4.90 Å². The Kier molecular flexibility index (Phi) is 6.27. The van der Waals surface area contributed by atoms with Crippen molar-refractivity contribution in [3.05, 3.63) is 29.3 Å². The molecule has 3 rings (SSSR count). The predicted molar refractivity (Wildman–Crippen MR) is 104 cm³/mol. The molecule has 1 atom stereocenters. The first kappa shape index (κ1) is 20.6. The van der Waals surface area contributed by atoms with Crippen LogP contribution in [0.25, 0.3) is 0 Å². The maximum Gasteiger partial charge on any atom is 0.337 e. The minimum absolute atomic E-state index is 0.0338. The Hall–Kier alpha value is -2.09. The molecule has 0 N–H and O–H groups in total. The number of hydrogen-bond donors (Lipinski definition) is 0. The van der Waals surface area contributed by atoms with Crippen molar-refractivity contribution in [2.24, 2.45) is 0 Å². The summed E-state index contributed by atoms with van der Waals surface area (Å²) in [6.07, 6.45) is 4.39. The molecule has 1 aromatic rings. The Bertz CT molecular complexity index is 844. The van der Waals surface area contributed by atoms with Crippen molar-refractivity contribution in [1.29, 1.82) is 0 Å². The topological polar surface area (TPSA) is 90.0 Å². The van der Waals surface area contributed by atoms with Crippen LogP contribution in [-0.4, -0.2) is 62.5 Å². The second kappa shape index (κ2) is 8.51. The molecule has 0 aromatic heterocycles. The molecule has 0 radical (unpaired) electrons. The monoisotopic (exact) mass is 409 g/mol. The summed E-state index contributed by atoms with van der Waals surface area (Å²) < 4.78 is 34.3. The predicted octanol–water partition coefficient (Wildman–Crippen LogP) is 2.12. The van der Waals surface area contributed by atoms with Crippen LogP contribution in [0, 0.1) is 6.92 Å². The van der Waals surface area contributed by atoms with Gasteiger partial charge < -0.3 is 14.4 Å². The third kappa shape index (κ3) is 4.66. The highest BCUT2D eigenvalue weighted by atomic mass is 32.2. The number of carbonyl (C=O) groups is 2. The van der Waals surface area contributed by atoms with Gasteiger partial charge in [0.1, 0.15) is 5.75 Å². The van der Waals surface area contributed by atoms with Gasteiger partial charge in [0.2, 0.25) is 0 Å². The number of carbonyl (C=O) groups excluding carboxylic acids is 2. The zero-order valence-electron chi connectivity index (χ0n) is 16.3. The molecule has 1 aromatic carbocycles. The van der Waals surface area contributed by atoms with Gasteiger partial charge in [-0.25, -0.2) is 13.2 Å². The number of nitrogens with zero attached hydrogens (tertiary/aromatic N) is 1. The van der Waals surface area contributed by atoms with E-state index in [0.717, 1.165) is 31.2 Å². The molecule has 1 aliphatic carbocycles. The van der Waals surface area contributed by atoms with E-state index in [2.05, 4.69) is 0 Å². The Labute approximate surface area is 165 Å². The van der Waals surface area contributed by atoms with Gasteiger partial charge in [0.05, 0.1) is 24.2 Å². The fourth-order valence-corrected chi connectivity index (χ4v) is 5.81. The highest BCUT2D eigenvalue weighted by Gasteiger charge is 2.39. The summed E-state index contributed by atoms with van der Waals surface area (Å²) in [5.41, 5.74) is 1.15. The number of rotatable bonds is 6. The number of methoxy groups -OCH3 is 1. The summed E-state index contributed by atoms with van der Waals surface area (Å²) in [5, 5.41) is 0. The van der Waals surface area contributed by atoms with E-state index in [0.29, 0.717) is 17.7 Å². The third-order valence-corrected chi connectivity index (χ3v) is 7.32. The van der Waals surface area contributed by atoms with Crippen LogP contribution in [0.5, 0.6) is 5.75 Å². The number of esters is 1. The van der Waals surface area contributed by atoms with Gasteiger partial charge in [-0.05, 0) is 43.9 Å². The van der Waals surface area contributed by atoms with Gasteiger partial charge in [-0.15, -0.1) is 0 Å². The van der Waals surface area contributed by atoms with Gasteiger partial charge in [-0.1, -0.05) is 18.9 Å². The Morgan fingerprint density at radius 2 is 1.86 bits per heavy atom. The minimum atomic E-state index is -3.08. The van der Waals surface area contributed by atoms with Crippen LogP contribution >= 0.6 is 0 Å². The van der Waals surface area contributed by atoms with Crippen molar-refractivity contribution in [3.8, 4) is 5.75 Å². The number of benzene rings is 1. The number of aryl methyl sites for hydroxylation is 1. The van der Waals surface area contributed by atoms with Crippen molar-refractivity contribution in [2.45, 2.75) is 51.1 Å². The lowest BCUT2D eigenvalue weighted by Crippen LogP contribution is -2.48. The van der Waals surface area contributed by atoms with E-state index < -0.39 is 15.8 Å². The summed E-state index contributed by atoms with van der Waals surface area (Å²) in [6, 6.07) is 4.76. The third-order valence-electron chi connectivity index (χ3n) is 5.57. The molecule has 1 heterocycles. The quantitative estimate of drug-likeness (QED) is 0.669. The molecule has 1 amide bonds. The molecule has 0 spiro atoms. The highest BCUT2D eigenvalue weighted by molar-refractivity contribution is 7.91. The average Bonchev–Trinajstić information content (AvgIpc) is 3.30. The molecular weight excluding hydrogens is 382 g/mol. The molecule has 1 unspecified atom stereocenters. The van der Waals surface area contributed by atoms with Gasteiger partial charge in [-0.3, -0.25) is 4.79 Å². The van der Waals surface area contributed by atoms with E-state index in [1.165, 1.54) is 7.11 Å². The largest absolute Gasteiger partial charge is 0.483 e. The lowest BCUT2D eigenvalue weighted by atomic mass is 10.1. The van der Waals surface area contributed by atoms with E-state index in [1.807, 2.05) is 6.92 Å². The zero-order chi connectivity index (χ0) is 20.3. The van der Waals surface area contributed by atoms with Gasteiger partial charge in [0.15, 0.2) is 16.4 Å². The Morgan fingerprint density at radius 3 is 2.46 bits per heavy atom. The molecule has 28 heavy (non-hydrogen) atoms. The molecule has 2 aliphatic rings. The molecule has 0 bridgehead atoms.